The molecular weight excluding hydrogens is 320 g/mol. The van der Waals surface area contributed by atoms with E-state index < -0.39 is 0 Å². The maximum Gasteiger partial charge on any atom is 0.171 e. The van der Waals surface area contributed by atoms with Gasteiger partial charge >= 0.3 is 0 Å². The topological polar surface area (TPSA) is 42.5 Å². The van der Waals surface area contributed by atoms with E-state index in [0.29, 0.717) is 18.3 Å². The van der Waals surface area contributed by atoms with Crippen LogP contribution in [0.4, 0.5) is 5.69 Å². The van der Waals surface area contributed by atoms with Crippen molar-refractivity contribution >= 4 is 23.0 Å². The first-order valence-electron chi connectivity index (χ1n) is 8.15. The average molecular weight is 344 g/mol. The fraction of sp³-hybridized carbons (Fsp3) is 0.316. The third-order valence-electron chi connectivity index (χ3n) is 3.46. The van der Waals surface area contributed by atoms with E-state index in [1.165, 1.54) is 0 Å². The molecule has 1 atom stereocenters. The molecule has 5 heteroatoms. The molecule has 128 valence electrons. The Kier molecular flexibility index (Phi) is 6.88. The van der Waals surface area contributed by atoms with Crippen LogP contribution < -0.4 is 20.1 Å². The number of hydrogen-bond acceptors (Lipinski definition) is 3. The molecule has 0 heterocycles. The first kappa shape index (κ1) is 18.1. The second kappa shape index (κ2) is 9.13. The number of thiocarbonyl (C=S) groups is 1. The Labute approximate surface area is 149 Å². The highest BCUT2D eigenvalue weighted by atomic mass is 32.1. The molecule has 2 N–H and O–H groups in total. The van der Waals surface area contributed by atoms with Crippen LogP contribution in [0.25, 0.3) is 0 Å². The highest BCUT2D eigenvalue weighted by Gasteiger charge is 2.07. The summed E-state index contributed by atoms with van der Waals surface area (Å²) in [6.07, 6.45) is 0. The molecule has 0 amide bonds. The van der Waals surface area contributed by atoms with E-state index in [2.05, 4.69) is 17.6 Å². The Balaban J connectivity index is 1.88. The third-order valence-corrected chi connectivity index (χ3v) is 3.68. The van der Waals surface area contributed by atoms with Gasteiger partial charge in [0.1, 0.15) is 11.5 Å². The van der Waals surface area contributed by atoms with Crippen molar-refractivity contribution in [1.82, 2.24) is 5.32 Å². The quantitative estimate of drug-likeness (QED) is 0.722. The van der Waals surface area contributed by atoms with Gasteiger partial charge in [0.2, 0.25) is 0 Å². The van der Waals surface area contributed by atoms with Crippen LogP contribution in [0, 0.1) is 0 Å². The van der Waals surface area contributed by atoms with E-state index in [4.69, 9.17) is 21.7 Å². The minimum atomic E-state index is 0.100. The lowest BCUT2D eigenvalue weighted by Crippen LogP contribution is -2.30. The Hall–Kier alpha value is -2.27. The Bertz CT molecular complexity index is 641. The largest absolute Gasteiger partial charge is 0.494 e. The fourth-order valence-electron chi connectivity index (χ4n) is 2.27. The van der Waals surface area contributed by atoms with Gasteiger partial charge in [0.15, 0.2) is 5.11 Å². The molecule has 24 heavy (non-hydrogen) atoms. The van der Waals surface area contributed by atoms with Crippen LogP contribution in [0.1, 0.15) is 32.4 Å². The van der Waals surface area contributed by atoms with Crippen molar-refractivity contribution in [3.8, 4) is 11.5 Å². The highest BCUT2D eigenvalue weighted by molar-refractivity contribution is 7.80. The van der Waals surface area contributed by atoms with Crippen LogP contribution in [0.15, 0.2) is 48.5 Å². The summed E-state index contributed by atoms with van der Waals surface area (Å²) in [6.45, 7) is 7.34. The van der Waals surface area contributed by atoms with Gasteiger partial charge in [-0.15, -0.1) is 0 Å². The summed E-state index contributed by atoms with van der Waals surface area (Å²) in [6, 6.07) is 15.9. The van der Waals surface area contributed by atoms with Gasteiger partial charge in [0.05, 0.1) is 19.3 Å². The van der Waals surface area contributed by atoms with Crippen molar-refractivity contribution in [2.45, 2.75) is 26.8 Å². The number of ether oxygens (including phenoxy) is 2. The smallest absolute Gasteiger partial charge is 0.171 e. The molecule has 2 aromatic rings. The number of anilines is 1. The van der Waals surface area contributed by atoms with Gasteiger partial charge < -0.3 is 20.1 Å². The fourth-order valence-corrected chi connectivity index (χ4v) is 2.56. The standard InChI is InChI=1S/C19H24N2O2S/c1-4-22-17-10-6-15(7-11-17)14(3)20-19(24)21-16-8-12-18(13-9-16)23-5-2/h6-14H,4-5H2,1-3H3,(H2,20,21,24)/t14-/m0/s1. The number of hydrogen-bond donors (Lipinski definition) is 2. The molecule has 0 bridgehead atoms. The molecule has 0 unspecified atom stereocenters. The summed E-state index contributed by atoms with van der Waals surface area (Å²) >= 11 is 5.39. The number of benzene rings is 2. The van der Waals surface area contributed by atoms with Crippen molar-refractivity contribution in [2.24, 2.45) is 0 Å². The Morgan fingerprint density at radius 1 is 0.917 bits per heavy atom. The van der Waals surface area contributed by atoms with Gasteiger partial charge in [-0.1, -0.05) is 12.1 Å². The summed E-state index contributed by atoms with van der Waals surface area (Å²) in [5.74, 6) is 1.73. The van der Waals surface area contributed by atoms with E-state index in [1.54, 1.807) is 0 Å². The van der Waals surface area contributed by atoms with Crippen LogP contribution in [0.2, 0.25) is 0 Å². The van der Waals surface area contributed by atoms with E-state index >= 15 is 0 Å². The predicted molar refractivity (Wildman–Crippen MR) is 103 cm³/mol. The molecule has 0 fully saturated rings. The zero-order valence-electron chi connectivity index (χ0n) is 14.3. The first-order chi connectivity index (χ1) is 11.6. The second-order valence-electron chi connectivity index (χ2n) is 5.28. The maximum atomic E-state index is 5.46. The number of rotatable bonds is 7. The SMILES string of the molecule is CCOc1ccc(NC(=S)N[C@@H](C)c2ccc(OCC)cc2)cc1. The molecule has 4 nitrogen and oxygen atoms in total. The van der Waals surface area contributed by atoms with E-state index in [0.717, 1.165) is 22.7 Å². The molecule has 2 rings (SSSR count). The minimum absolute atomic E-state index is 0.100. The molecule has 0 spiro atoms. The zero-order chi connectivity index (χ0) is 17.4. The van der Waals surface area contributed by atoms with Crippen molar-refractivity contribution in [3.63, 3.8) is 0 Å². The van der Waals surface area contributed by atoms with Crippen molar-refractivity contribution in [2.75, 3.05) is 18.5 Å². The van der Waals surface area contributed by atoms with Crippen molar-refractivity contribution in [1.29, 1.82) is 0 Å². The van der Waals surface area contributed by atoms with Crippen molar-refractivity contribution < 1.29 is 9.47 Å². The van der Waals surface area contributed by atoms with Crippen LogP contribution in [0.5, 0.6) is 11.5 Å². The van der Waals surface area contributed by atoms with Gasteiger partial charge in [0, 0.05) is 5.69 Å². The summed E-state index contributed by atoms with van der Waals surface area (Å²) in [4.78, 5) is 0. The monoisotopic (exact) mass is 344 g/mol. The molecule has 0 saturated heterocycles. The lowest BCUT2D eigenvalue weighted by Gasteiger charge is -2.18. The Morgan fingerprint density at radius 3 is 1.92 bits per heavy atom. The molecule has 0 aliphatic heterocycles. The summed E-state index contributed by atoms with van der Waals surface area (Å²) < 4.78 is 10.9. The minimum Gasteiger partial charge on any atom is -0.494 e. The summed E-state index contributed by atoms with van der Waals surface area (Å²) in [7, 11) is 0. The van der Waals surface area contributed by atoms with E-state index in [1.807, 2.05) is 62.4 Å². The first-order valence-corrected chi connectivity index (χ1v) is 8.56. The zero-order valence-corrected chi connectivity index (χ0v) is 15.2. The molecule has 0 aliphatic carbocycles. The van der Waals surface area contributed by atoms with Gasteiger partial charge in [-0.05, 0) is 75.0 Å². The molecule has 0 saturated carbocycles. The van der Waals surface area contributed by atoms with Crippen molar-refractivity contribution in [3.05, 3.63) is 54.1 Å². The van der Waals surface area contributed by atoms with Crippen LogP contribution in [-0.4, -0.2) is 18.3 Å². The highest BCUT2D eigenvalue weighted by Crippen LogP contribution is 2.19. The van der Waals surface area contributed by atoms with Gasteiger partial charge in [-0.25, -0.2) is 0 Å². The van der Waals surface area contributed by atoms with Gasteiger partial charge in [-0.3, -0.25) is 0 Å². The molecular formula is C19H24N2O2S. The molecule has 2 aromatic carbocycles. The van der Waals surface area contributed by atoms with E-state index in [9.17, 15) is 0 Å². The molecule has 0 aliphatic rings. The maximum absolute atomic E-state index is 5.46. The summed E-state index contributed by atoms with van der Waals surface area (Å²) in [5.41, 5.74) is 2.07. The second-order valence-corrected chi connectivity index (χ2v) is 5.69. The third kappa shape index (κ3) is 5.42. The number of nitrogens with one attached hydrogen (secondary N) is 2. The Morgan fingerprint density at radius 2 is 1.42 bits per heavy atom. The van der Waals surface area contributed by atoms with E-state index in [-0.39, 0.29) is 6.04 Å². The van der Waals surface area contributed by atoms with Gasteiger partial charge in [-0.2, -0.15) is 0 Å². The van der Waals surface area contributed by atoms with Gasteiger partial charge in [0.25, 0.3) is 0 Å². The lowest BCUT2D eigenvalue weighted by molar-refractivity contribution is 0.340. The predicted octanol–water partition coefficient (Wildman–Crippen LogP) is 4.53. The average Bonchev–Trinajstić information content (AvgIpc) is 2.58. The van der Waals surface area contributed by atoms with Crippen LogP contribution >= 0.6 is 12.2 Å². The lowest BCUT2D eigenvalue weighted by atomic mass is 10.1. The molecule has 0 radical (unpaired) electrons. The summed E-state index contributed by atoms with van der Waals surface area (Å²) in [5, 5.41) is 7.05. The molecule has 0 aromatic heterocycles. The van der Waals surface area contributed by atoms with Crippen LogP contribution in [0.3, 0.4) is 0 Å². The van der Waals surface area contributed by atoms with Crippen LogP contribution in [-0.2, 0) is 0 Å². The normalized spacial score (nSPS) is 11.5.